The summed E-state index contributed by atoms with van der Waals surface area (Å²) in [6, 6.07) is 9.70. The maximum absolute atomic E-state index is 13.7. The molecule has 1 aliphatic heterocycles. The molecule has 1 aliphatic rings. The maximum Gasteiger partial charge on any atom is 0.253 e. The number of carbonyl (C=O) groups excluding carboxylic acids is 1. The van der Waals surface area contributed by atoms with E-state index in [1.54, 1.807) is 24.3 Å². The average molecular weight is 360 g/mol. The summed E-state index contributed by atoms with van der Waals surface area (Å²) in [6.07, 6.45) is 2.13. The Kier molecular flexibility index (Phi) is 5.83. The molecule has 0 aliphatic carbocycles. The van der Waals surface area contributed by atoms with E-state index >= 15 is 0 Å². The third kappa shape index (κ3) is 4.38. The Morgan fingerprint density at radius 1 is 1.23 bits per heavy atom. The van der Waals surface area contributed by atoms with Gasteiger partial charge in [0.25, 0.3) is 5.91 Å². The number of nitrogens with one attached hydrogen (secondary N) is 1. The van der Waals surface area contributed by atoms with Crippen molar-refractivity contribution in [2.24, 2.45) is 5.92 Å². The van der Waals surface area contributed by atoms with Crippen LogP contribution in [-0.4, -0.2) is 37.5 Å². The van der Waals surface area contributed by atoms with Crippen molar-refractivity contribution >= 4 is 5.91 Å². The van der Waals surface area contributed by atoms with Crippen LogP contribution in [0.4, 0.5) is 8.78 Å². The summed E-state index contributed by atoms with van der Waals surface area (Å²) in [5.41, 5.74) is 0.571. The van der Waals surface area contributed by atoms with Gasteiger partial charge in [0.2, 0.25) is 0 Å². The molecule has 1 heterocycles. The Morgan fingerprint density at radius 2 is 2.00 bits per heavy atom. The molecule has 0 bridgehead atoms. The van der Waals surface area contributed by atoms with Crippen LogP contribution < -0.4 is 10.1 Å². The second-order valence-corrected chi connectivity index (χ2v) is 6.52. The first-order valence-electron chi connectivity index (χ1n) is 8.73. The molecule has 138 valence electrons. The first kappa shape index (κ1) is 18.3. The molecule has 0 radical (unpaired) electrons. The van der Waals surface area contributed by atoms with Crippen molar-refractivity contribution in [1.29, 1.82) is 0 Å². The molecule has 1 atom stereocenters. The summed E-state index contributed by atoms with van der Waals surface area (Å²) in [5.74, 6) is -0.634. The van der Waals surface area contributed by atoms with Gasteiger partial charge in [-0.15, -0.1) is 0 Å². The summed E-state index contributed by atoms with van der Waals surface area (Å²) in [6.45, 7) is 2.41. The number of halogens is 2. The molecule has 1 saturated heterocycles. The van der Waals surface area contributed by atoms with Crippen LogP contribution >= 0.6 is 0 Å². The monoisotopic (exact) mass is 360 g/mol. The zero-order valence-electron chi connectivity index (χ0n) is 14.7. The van der Waals surface area contributed by atoms with Crippen molar-refractivity contribution in [2.75, 3.05) is 26.7 Å². The number of hydrogen-bond acceptors (Lipinski definition) is 3. The van der Waals surface area contributed by atoms with E-state index in [0.717, 1.165) is 44.6 Å². The zero-order chi connectivity index (χ0) is 18.5. The van der Waals surface area contributed by atoms with E-state index in [1.165, 1.54) is 6.07 Å². The molecule has 1 fully saturated rings. The van der Waals surface area contributed by atoms with E-state index < -0.39 is 11.6 Å². The summed E-state index contributed by atoms with van der Waals surface area (Å²) in [7, 11) is 1.92. The van der Waals surface area contributed by atoms with Crippen LogP contribution in [0.5, 0.6) is 11.5 Å². The number of likely N-dealkylation sites (tertiary alicyclic amines) is 1. The number of ether oxygens (including phenoxy) is 1. The molecule has 0 unspecified atom stereocenters. The smallest absolute Gasteiger partial charge is 0.253 e. The topological polar surface area (TPSA) is 41.6 Å². The molecule has 0 saturated carbocycles. The molecule has 0 aromatic heterocycles. The number of nitrogens with zero attached hydrogens (tertiary/aromatic N) is 1. The van der Waals surface area contributed by atoms with Crippen molar-refractivity contribution in [2.45, 2.75) is 12.8 Å². The molecule has 2 aromatic rings. The highest BCUT2D eigenvalue weighted by Gasteiger charge is 2.24. The van der Waals surface area contributed by atoms with Crippen LogP contribution in [0.3, 0.4) is 0 Å². The van der Waals surface area contributed by atoms with Gasteiger partial charge in [-0.1, -0.05) is 0 Å². The predicted molar refractivity (Wildman–Crippen MR) is 95.4 cm³/mol. The predicted octanol–water partition coefficient (Wildman–Crippen LogP) is 3.83. The normalized spacial score (nSPS) is 17.2. The summed E-state index contributed by atoms with van der Waals surface area (Å²) >= 11 is 0. The van der Waals surface area contributed by atoms with Gasteiger partial charge >= 0.3 is 0 Å². The van der Waals surface area contributed by atoms with E-state index in [1.807, 2.05) is 11.9 Å². The molecule has 26 heavy (non-hydrogen) atoms. The molecular weight excluding hydrogens is 338 g/mol. The number of carbonyl (C=O) groups is 1. The average Bonchev–Trinajstić information content (AvgIpc) is 2.65. The lowest BCUT2D eigenvalue weighted by atomic mass is 9.97. The molecular formula is C20H22F2N2O2. The van der Waals surface area contributed by atoms with Crippen molar-refractivity contribution in [3.05, 3.63) is 59.7 Å². The minimum absolute atomic E-state index is 0.00897. The number of benzene rings is 2. The molecule has 4 nitrogen and oxygen atoms in total. The quantitative estimate of drug-likeness (QED) is 0.881. The van der Waals surface area contributed by atoms with Crippen LogP contribution in [0.25, 0.3) is 0 Å². The molecule has 6 heteroatoms. The number of piperidine rings is 1. The van der Waals surface area contributed by atoms with Crippen molar-refractivity contribution in [1.82, 2.24) is 10.2 Å². The van der Waals surface area contributed by atoms with Crippen LogP contribution in [-0.2, 0) is 0 Å². The van der Waals surface area contributed by atoms with Gasteiger partial charge in [-0.25, -0.2) is 8.78 Å². The molecule has 0 spiro atoms. The Hall–Kier alpha value is -2.47. The lowest BCUT2D eigenvalue weighted by Gasteiger charge is -2.32. The fourth-order valence-corrected chi connectivity index (χ4v) is 3.24. The largest absolute Gasteiger partial charge is 0.454 e. The second-order valence-electron chi connectivity index (χ2n) is 6.52. The van der Waals surface area contributed by atoms with Gasteiger partial charge in [-0.2, -0.15) is 0 Å². The minimum Gasteiger partial charge on any atom is -0.454 e. The number of rotatable bonds is 5. The highest BCUT2D eigenvalue weighted by atomic mass is 19.1. The zero-order valence-corrected chi connectivity index (χ0v) is 14.7. The van der Waals surface area contributed by atoms with Crippen LogP contribution in [0, 0.1) is 17.6 Å². The van der Waals surface area contributed by atoms with Crippen LogP contribution in [0.1, 0.15) is 23.2 Å². The third-order valence-corrected chi connectivity index (χ3v) is 4.52. The van der Waals surface area contributed by atoms with Gasteiger partial charge in [0.15, 0.2) is 11.6 Å². The van der Waals surface area contributed by atoms with E-state index in [2.05, 4.69) is 5.32 Å². The Morgan fingerprint density at radius 3 is 2.69 bits per heavy atom. The van der Waals surface area contributed by atoms with Crippen molar-refractivity contribution < 1.29 is 18.3 Å². The van der Waals surface area contributed by atoms with Gasteiger partial charge in [0, 0.05) is 24.7 Å². The third-order valence-electron chi connectivity index (χ3n) is 4.52. The van der Waals surface area contributed by atoms with Gasteiger partial charge in [0.05, 0.1) is 0 Å². The van der Waals surface area contributed by atoms with E-state index in [4.69, 9.17) is 4.74 Å². The summed E-state index contributed by atoms with van der Waals surface area (Å²) in [5, 5.41) is 3.17. The van der Waals surface area contributed by atoms with E-state index in [9.17, 15) is 13.6 Å². The maximum atomic E-state index is 13.7. The Bertz CT molecular complexity index is 763. The first-order valence-corrected chi connectivity index (χ1v) is 8.73. The van der Waals surface area contributed by atoms with Gasteiger partial charge < -0.3 is 15.0 Å². The highest BCUT2D eigenvalue weighted by molar-refractivity contribution is 5.94. The molecule has 2 aromatic carbocycles. The molecule has 3 rings (SSSR count). The summed E-state index contributed by atoms with van der Waals surface area (Å²) in [4.78, 5) is 14.5. The lowest BCUT2D eigenvalue weighted by Crippen LogP contribution is -2.42. The van der Waals surface area contributed by atoms with Gasteiger partial charge in [-0.05, 0) is 68.8 Å². The lowest BCUT2D eigenvalue weighted by molar-refractivity contribution is 0.0674. The van der Waals surface area contributed by atoms with E-state index in [-0.39, 0.29) is 11.7 Å². The number of amides is 1. The Balaban J connectivity index is 1.66. The fraction of sp³-hybridized carbons (Fsp3) is 0.350. The standard InChI is InChI=1S/C20H22F2N2O2/c1-23-12-14-3-2-10-24(13-14)20(25)15-4-7-17(8-5-15)26-19-9-6-16(21)11-18(19)22/h4-9,11,14,23H,2-3,10,12-13H2,1H3/t14-/m1/s1. The molecule has 1 N–H and O–H groups in total. The van der Waals surface area contributed by atoms with Crippen LogP contribution in [0.15, 0.2) is 42.5 Å². The SMILES string of the molecule is CNC[C@H]1CCCN(C(=O)c2ccc(Oc3ccc(F)cc3F)cc2)C1. The van der Waals surface area contributed by atoms with Crippen LogP contribution in [0.2, 0.25) is 0 Å². The van der Waals surface area contributed by atoms with E-state index in [0.29, 0.717) is 17.2 Å². The second kappa shape index (κ2) is 8.27. The van der Waals surface area contributed by atoms with Gasteiger partial charge in [-0.3, -0.25) is 4.79 Å². The van der Waals surface area contributed by atoms with Crippen molar-refractivity contribution in [3.63, 3.8) is 0 Å². The summed E-state index contributed by atoms with van der Waals surface area (Å²) < 4.78 is 32.0. The minimum atomic E-state index is -0.769. The number of hydrogen-bond donors (Lipinski definition) is 1. The fourth-order valence-electron chi connectivity index (χ4n) is 3.24. The Labute approximate surface area is 151 Å². The van der Waals surface area contributed by atoms with Crippen molar-refractivity contribution in [3.8, 4) is 11.5 Å². The highest BCUT2D eigenvalue weighted by Crippen LogP contribution is 2.26. The van der Waals surface area contributed by atoms with Gasteiger partial charge in [0.1, 0.15) is 11.6 Å². The first-order chi connectivity index (χ1) is 12.6. The molecule has 1 amide bonds.